The van der Waals surface area contributed by atoms with E-state index < -0.39 is 11.8 Å². The van der Waals surface area contributed by atoms with Crippen LogP contribution in [0.2, 0.25) is 0 Å². The number of carbonyl (C=O) groups is 3. The number of carbonyl (C=O) groups excluding carboxylic acids is 3. The molecule has 1 N–H and O–H groups in total. The van der Waals surface area contributed by atoms with E-state index in [-0.39, 0.29) is 23.2 Å². The zero-order valence-electron chi connectivity index (χ0n) is 11.3. The molecular formula is C15H10N4O3. The van der Waals surface area contributed by atoms with Crippen LogP contribution >= 0.6 is 0 Å². The first-order valence-electron chi connectivity index (χ1n) is 6.47. The molecule has 7 heteroatoms. The highest BCUT2D eigenvalue weighted by Crippen LogP contribution is 1.97. The molecule has 2 aromatic rings. The Morgan fingerprint density at radius 2 is 1.77 bits per heavy atom. The summed E-state index contributed by atoms with van der Waals surface area (Å²) >= 11 is 0. The van der Waals surface area contributed by atoms with Gasteiger partial charge in [0.2, 0.25) is 0 Å². The Balaban J connectivity index is 1.82. The number of nitrogens with one attached hydrogen (secondary N) is 1. The van der Waals surface area contributed by atoms with Crippen molar-refractivity contribution in [3.05, 3.63) is 64.6 Å². The highest BCUT2D eigenvalue weighted by Gasteiger charge is 2.16. The van der Waals surface area contributed by atoms with Crippen LogP contribution in [-0.2, 0) is 16.1 Å². The van der Waals surface area contributed by atoms with Crippen molar-refractivity contribution in [1.29, 1.82) is 0 Å². The zero-order chi connectivity index (χ0) is 15.5. The van der Waals surface area contributed by atoms with Crippen molar-refractivity contribution in [2.24, 2.45) is 9.98 Å². The monoisotopic (exact) mass is 294 g/mol. The largest absolute Gasteiger partial charge is 0.346 e. The van der Waals surface area contributed by atoms with Crippen LogP contribution in [0.15, 0.2) is 52.6 Å². The van der Waals surface area contributed by atoms with Gasteiger partial charge in [0.15, 0.2) is 0 Å². The standard InChI is InChI=1S/C15H10N4O3/c20-13(17-8-10-3-1-2-6-16-10)9-4-5-11-12(7-9)19-15(22)14(21)18-11/h1-7H,8H2,(H,17,20). The molecule has 0 unspecified atom stereocenters. The van der Waals surface area contributed by atoms with Crippen molar-refractivity contribution in [1.82, 2.24) is 10.3 Å². The molecule has 0 aliphatic carbocycles. The van der Waals surface area contributed by atoms with Crippen LogP contribution < -0.4 is 16.0 Å². The van der Waals surface area contributed by atoms with E-state index in [2.05, 4.69) is 20.3 Å². The predicted octanol–water partition coefficient (Wildman–Crippen LogP) is -0.682. The van der Waals surface area contributed by atoms with Gasteiger partial charge in [0.1, 0.15) is 0 Å². The second-order valence-corrected chi connectivity index (χ2v) is 4.54. The summed E-state index contributed by atoms with van der Waals surface area (Å²) in [6.07, 6.45) is 1.64. The number of nitrogens with zero attached hydrogens (tertiary/aromatic N) is 3. The normalized spacial score (nSPS) is 12.9. The van der Waals surface area contributed by atoms with Crippen molar-refractivity contribution in [2.45, 2.75) is 6.54 Å². The van der Waals surface area contributed by atoms with Crippen LogP contribution in [-0.4, -0.2) is 22.7 Å². The summed E-state index contributed by atoms with van der Waals surface area (Å²) in [6, 6.07) is 9.85. The van der Waals surface area contributed by atoms with Crippen LogP contribution in [0.5, 0.6) is 0 Å². The minimum Gasteiger partial charge on any atom is -0.346 e. The van der Waals surface area contributed by atoms with Gasteiger partial charge < -0.3 is 5.32 Å². The minimum atomic E-state index is -0.932. The van der Waals surface area contributed by atoms with Gasteiger partial charge in [-0.15, -0.1) is 0 Å². The van der Waals surface area contributed by atoms with Crippen LogP contribution in [0.25, 0.3) is 0 Å². The predicted molar refractivity (Wildman–Crippen MR) is 74.2 cm³/mol. The van der Waals surface area contributed by atoms with Crippen molar-refractivity contribution >= 4 is 17.7 Å². The molecule has 0 saturated heterocycles. The molecule has 3 amide bonds. The van der Waals surface area contributed by atoms with Crippen molar-refractivity contribution < 1.29 is 14.4 Å². The summed E-state index contributed by atoms with van der Waals surface area (Å²) < 4.78 is 0. The zero-order valence-corrected chi connectivity index (χ0v) is 11.3. The lowest BCUT2D eigenvalue weighted by Crippen LogP contribution is -2.36. The maximum absolute atomic E-state index is 12.1. The molecule has 2 heterocycles. The fourth-order valence-electron chi connectivity index (χ4n) is 1.94. The number of benzene rings is 1. The number of aromatic nitrogens is 1. The highest BCUT2D eigenvalue weighted by atomic mass is 16.2. The van der Waals surface area contributed by atoms with Crippen LogP contribution in [0.1, 0.15) is 16.1 Å². The summed E-state index contributed by atoms with van der Waals surface area (Å²) in [5.74, 6) is -2.16. The highest BCUT2D eigenvalue weighted by molar-refractivity contribution is 6.36. The molecule has 1 aliphatic heterocycles. The number of pyridine rings is 1. The van der Waals surface area contributed by atoms with Gasteiger partial charge in [-0.25, -0.2) is 9.98 Å². The van der Waals surface area contributed by atoms with Gasteiger partial charge in [-0.2, -0.15) is 0 Å². The fourth-order valence-corrected chi connectivity index (χ4v) is 1.94. The molecule has 1 aliphatic rings. The van der Waals surface area contributed by atoms with Crippen LogP contribution in [0, 0.1) is 0 Å². The van der Waals surface area contributed by atoms with Gasteiger partial charge in [-0.1, -0.05) is 6.07 Å². The molecule has 22 heavy (non-hydrogen) atoms. The quantitative estimate of drug-likeness (QED) is 0.758. The topological polar surface area (TPSA) is 101 Å². The third kappa shape index (κ3) is 2.78. The average Bonchev–Trinajstić information content (AvgIpc) is 2.54. The van der Waals surface area contributed by atoms with Gasteiger partial charge in [0.25, 0.3) is 5.91 Å². The lowest BCUT2D eigenvalue weighted by atomic mass is 10.2. The molecule has 0 bridgehead atoms. The molecule has 1 aromatic heterocycles. The maximum atomic E-state index is 12.1. The lowest BCUT2D eigenvalue weighted by molar-refractivity contribution is -0.135. The van der Waals surface area contributed by atoms with Gasteiger partial charge in [-0.05, 0) is 30.3 Å². The second kappa shape index (κ2) is 5.65. The molecule has 0 saturated carbocycles. The summed E-state index contributed by atoms with van der Waals surface area (Å²) in [4.78, 5) is 45.8. The smallest absolute Gasteiger partial charge is 0.338 e. The van der Waals surface area contributed by atoms with E-state index in [9.17, 15) is 14.4 Å². The summed E-state index contributed by atoms with van der Waals surface area (Å²) in [5, 5.41) is 3.22. The van der Waals surface area contributed by atoms with Crippen LogP contribution in [0.3, 0.4) is 0 Å². The van der Waals surface area contributed by atoms with E-state index in [0.29, 0.717) is 5.56 Å². The van der Waals surface area contributed by atoms with Gasteiger partial charge in [0, 0.05) is 11.8 Å². The van der Waals surface area contributed by atoms with Crippen molar-refractivity contribution in [2.75, 3.05) is 0 Å². The van der Waals surface area contributed by atoms with E-state index in [1.807, 2.05) is 6.07 Å². The average molecular weight is 294 g/mol. The number of hydrogen-bond donors (Lipinski definition) is 1. The van der Waals surface area contributed by atoms with Crippen LogP contribution in [0.4, 0.5) is 0 Å². The number of fused-ring (bicyclic) bond motifs is 1. The Morgan fingerprint density at radius 1 is 1.00 bits per heavy atom. The van der Waals surface area contributed by atoms with Gasteiger partial charge in [-0.3, -0.25) is 19.4 Å². The Kier molecular flexibility index (Phi) is 3.53. The minimum absolute atomic E-state index is 0.218. The molecular weight excluding hydrogens is 284 g/mol. The SMILES string of the molecule is O=C1N=c2ccc(C(=O)NCc3ccccn3)cc2=NC1=O. The van der Waals surface area contributed by atoms with E-state index in [1.54, 1.807) is 18.3 Å². The molecule has 108 valence electrons. The van der Waals surface area contributed by atoms with E-state index in [4.69, 9.17) is 0 Å². The first kappa shape index (κ1) is 13.7. The lowest BCUT2D eigenvalue weighted by Gasteiger charge is -2.05. The third-order valence-electron chi connectivity index (χ3n) is 3.02. The molecule has 0 spiro atoms. The summed E-state index contributed by atoms with van der Waals surface area (Å²) in [5.41, 5.74) is 1.06. The fraction of sp³-hybridized carbons (Fsp3) is 0.0667. The summed E-state index contributed by atoms with van der Waals surface area (Å²) in [7, 11) is 0. The second-order valence-electron chi connectivity index (χ2n) is 4.54. The first-order valence-corrected chi connectivity index (χ1v) is 6.47. The Labute approximate surface area is 124 Å². The summed E-state index contributed by atoms with van der Waals surface area (Å²) in [6.45, 7) is 0.287. The Hall–Kier alpha value is -3.22. The van der Waals surface area contributed by atoms with E-state index in [1.165, 1.54) is 18.2 Å². The molecule has 3 rings (SSSR count). The molecule has 1 aromatic carbocycles. The molecule has 0 radical (unpaired) electrons. The Bertz CT molecular complexity index is 891. The first-order chi connectivity index (χ1) is 10.6. The number of rotatable bonds is 3. The number of hydrogen-bond acceptors (Lipinski definition) is 4. The maximum Gasteiger partial charge on any atom is 0.338 e. The van der Waals surface area contributed by atoms with E-state index >= 15 is 0 Å². The number of amides is 3. The molecule has 7 nitrogen and oxygen atoms in total. The van der Waals surface area contributed by atoms with Gasteiger partial charge >= 0.3 is 11.8 Å². The third-order valence-corrected chi connectivity index (χ3v) is 3.02. The van der Waals surface area contributed by atoms with Crippen molar-refractivity contribution in [3.8, 4) is 0 Å². The molecule has 0 fully saturated rings. The molecule has 0 atom stereocenters. The Morgan fingerprint density at radius 3 is 2.50 bits per heavy atom. The van der Waals surface area contributed by atoms with Gasteiger partial charge in [0.05, 0.1) is 23.0 Å². The van der Waals surface area contributed by atoms with E-state index in [0.717, 1.165) is 5.69 Å². The van der Waals surface area contributed by atoms with Crippen molar-refractivity contribution in [3.63, 3.8) is 0 Å².